The Morgan fingerprint density at radius 3 is 2.53 bits per heavy atom. The van der Waals surface area contributed by atoms with E-state index in [0.29, 0.717) is 19.5 Å². The Morgan fingerprint density at radius 2 is 2.00 bits per heavy atom. The zero-order valence-corrected chi connectivity index (χ0v) is 9.92. The normalized spacial score (nSPS) is 11.6. The number of carbonyl (C=O) groups excluding carboxylic acids is 1. The third-order valence-corrected chi connectivity index (χ3v) is 2.10. The fourth-order valence-electron chi connectivity index (χ4n) is 1.10. The van der Waals surface area contributed by atoms with Gasteiger partial charge >= 0.3 is 6.18 Å². The number of carbonyl (C=O) groups is 1. The van der Waals surface area contributed by atoms with Gasteiger partial charge in [-0.05, 0) is 19.4 Å². The molecule has 0 aliphatic heterocycles. The second kappa shape index (κ2) is 8.30. The molecule has 0 spiro atoms. The summed E-state index contributed by atoms with van der Waals surface area (Å²) in [5.41, 5.74) is 5.28. The summed E-state index contributed by atoms with van der Waals surface area (Å²) in [7, 11) is 1.61. The monoisotopic (exact) mass is 256 g/mol. The Morgan fingerprint density at radius 1 is 1.35 bits per heavy atom. The van der Waals surface area contributed by atoms with Gasteiger partial charge < -0.3 is 15.4 Å². The molecule has 0 aromatic rings. The van der Waals surface area contributed by atoms with Crippen LogP contribution in [0.3, 0.4) is 0 Å². The number of likely N-dealkylation sites (N-methyl/N-ethyl adjacent to an activating group) is 1. The molecule has 0 saturated carbocycles. The van der Waals surface area contributed by atoms with Crippen LogP contribution in [0.25, 0.3) is 0 Å². The first kappa shape index (κ1) is 16.2. The maximum absolute atomic E-state index is 11.8. The van der Waals surface area contributed by atoms with E-state index < -0.39 is 12.6 Å². The van der Waals surface area contributed by atoms with Crippen LogP contribution in [-0.2, 0) is 9.53 Å². The zero-order chi connectivity index (χ0) is 13.3. The van der Waals surface area contributed by atoms with Crippen LogP contribution in [0.2, 0.25) is 0 Å². The van der Waals surface area contributed by atoms with Crippen molar-refractivity contribution < 1.29 is 22.7 Å². The predicted octanol–water partition coefficient (Wildman–Crippen LogP) is 1.15. The van der Waals surface area contributed by atoms with Gasteiger partial charge in [0.25, 0.3) is 0 Å². The highest BCUT2D eigenvalue weighted by atomic mass is 19.4. The number of nitrogens with two attached hydrogens (primary N) is 1. The molecule has 0 unspecified atom stereocenters. The van der Waals surface area contributed by atoms with Crippen LogP contribution < -0.4 is 5.73 Å². The van der Waals surface area contributed by atoms with E-state index in [0.717, 1.165) is 0 Å². The van der Waals surface area contributed by atoms with Gasteiger partial charge in [0.15, 0.2) is 0 Å². The van der Waals surface area contributed by atoms with Crippen molar-refractivity contribution in [2.45, 2.75) is 25.4 Å². The van der Waals surface area contributed by atoms with Crippen molar-refractivity contribution in [2.24, 2.45) is 5.73 Å². The van der Waals surface area contributed by atoms with Gasteiger partial charge in [-0.3, -0.25) is 4.79 Å². The van der Waals surface area contributed by atoms with Crippen LogP contribution in [0.5, 0.6) is 0 Å². The summed E-state index contributed by atoms with van der Waals surface area (Å²) in [6.45, 7) is 0.778. The highest BCUT2D eigenvalue weighted by molar-refractivity contribution is 5.77. The van der Waals surface area contributed by atoms with Gasteiger partial charge in [0, 0.05) is 26.6 Å². The number of hydrogen-bond donors (Lipinski definition) is 1. The predicted molar refractivity (Wildman–Crippen MR) is 57.4 cm³/mol. The van der Waals surface area contributed by atoms with Gasteiger partial charge in [-0.2, -0.15) is 13.2 Å². The molecule has 17 heavy (non-hydrogen) atoms. The lowest BCUT2D eigenvalue weighted by atomic mass is 10.3. The minimum atomic E-state index is -4.16. The second-order valence-corrected chi connectivity index (χ2v) is 3.73. The Balaban J connectivity index is 3.51. The third kappa shape index (κ3) is 10.1. The average Bonchev–Trinajstić information content (AvgIpc) is 2.23. The van der Waals surface area contributed by atoms with E-state index in [2.05, 4.69) is 0 Å². The van der Waals surface area contributed by atoms with Crippen molar-refractivity contribution in [2.75, 3.05) is 33.4 Å². The summed E-state index contributed by atoms with van der Waals surface area (Å²) in [6, 6.07) is 0. The Labute approximate surface area is 98.9 Å². The molecule has 0 heterocycles. The van der Waals surface area contributed by atoms with E-state index in [1.54, 1.807) is 7.05 Å². The van der Waals surface area contributed by atoms with Crippen LogP contribution in [0.4, 0.5) is 13.2 Å². The average molecular weight is 256 g/mol. The molecule has 0 aromatic carbocycles. The topological polar surface area (TPSA) is 55.6 Å². The number of halogens is 3. The van der Waals surface area contributed by atoms with Gasteiger partial charge in [-0.15, -0.1) is 0 Å². The number of alkyl halides is 3. The second-order valence-electron chi connectivity index (χ2n) is 3.73. The zero-order valence-electron chi connectivity index (χ0n) is 9.92. The summed E-state index contributed by atoms with van der Waals surface area (Å²) in [5, 5.41) is 0. The van der Waals surface area contributed by atoms with Gasteiger partial charge in [-0.1, -0.05) is 0 Å². The summed E-state index contributed by atoms with van der Waals surface area (Å²) < 4.78 is 40.2. The molecule has 0 radical (unpaired) electrons. The van der Waals surface area contributed by atoms with Crippen molar-refractivity contribution in [3.63, 3.8) is 0 Å². The molecule has 7 heteroatoms. The highest BCUT2D eigenvalue weighted by Crippen LogP contribution is 2.20. The lowest BCUT2D eigenvalue weighted by Crippen LogP contribution is -2.32. The standard InChI is InChI=1S/C10H19F3N2O2/c1-15(6-3-5-14)9(16)8-17-7-2-4-10(11,12)13/h2-8,14H2,1H3. The SMILES string of the molecule is CN(CCCN)C(=O)COCCCC(F)(F)F. The molecule has 1 amide bonds. The number of hydrogen-bond acceptors (Lipinski definition) is 3. The number of ether oxygens (including phenoxy) is 1. The van der Waals surface area contributed by atoms with Crippen LogP contribution >= 0.6 is 0 Å². The molecule has 4 nitrogen and oxygen atoms in total. The van der Waals surface area contributed by atoms with Gasteiger partial charge in [-0.25, -0.2) is 0 Å². The number of rotatable bonds is 8. The van der Waals surface area contributed by atoms with Crippen molar-refractivity contribution in [1.29, 1.82) is 0 Å². The van der Waals surface area contributed by atoms with Crippen LogP contribution in [0, 0.1) is 0 Å². The van der Waals surface area contributed by atoms with Crippen molar-refractivity contribution >= 4 is 5.91 Å². The van der Waals surface area contributed by atoms with E-state index in [1.165, 1.54) is 4.90 Å². The van der Waals surface area contributed by atoms with E-state index in [-0.39, 0.29) is 25.5 Å². The smallest absolute Gasteiger partial charge is 0.372 e. The molecule has 0 aromatic heterocycles. The van der Waals surface area contributed by atoms with Crippen LogP contribution in [0.15, 0.2) is 0 Å². The Hall–Kier alpha value is -0.820. The van der Waals surface area contributed by atoms with Gasteiger partial charge in [0.05, 0.1) is 0 Å². The Bertz CT molecular complexity index is 222. The third-order valence-electron chi connectivity index (χ3n) is 2.10. The van der Waals surface area contributed by atoms with Crippen molar-refractivity contribution in [1.82, 2.24) is 4.90 Å². The Kier molecular flexibility index (Phi) is 7.90. The summed E-state index contributed by atoms with van der Waals surface area (Å²) in [5.74, 6) is -0.245. The maximum Gasteiger partial charge on any atom is 0.389 e. The van der Waals surface area contributed by atoms with Crippen LogP contribution in [0.1, 0.15) is 19.3 Å². The molecule has 0 aliphatic rings. The first-order chi connectivity index (χ1) is 7.87. The molecule has 0 rings (SSSR count). The van der Waals surface area contributed by atoms with Crippen molar-refractivity contribution in [3.05, 3.63) is 0 Å². The van der Waals surface area contributed by atoms with E-state index >= 15 is 0 Å². The van der Waals surface area contributed by atoms with Crippen molar-refractivity contribution in [3.8, 4) is 0 Å². The fraction of sp³-hybridized carbons (Fsp3) is 0.900. The lowest BCUT2D eigenvalue weighted by molar-refractivity contribution is -0.140. The maximum atomic E-state index is 11.8. The molecule has 0 fully saturated rings. The molecule has 2 N–H and O–H groups in total. The number of amides is 1. The first-order valence-corrected chi connectivity index (χ1v) is 5.45. The molecular weight excluding hydrogens is 237 g/mol. The summed E-state index contributed by atoms with van der Waals surface area (Å²) in [4.78, 5) is 12.8. The molecule has 0 saturated heterocycles. The van der Waals surface area contributed by atoms with Gasteiger partial charge in [0.1, 0.15) is 6.61 Å². The fourth-order valence-corrected chi connectivity index (χ4v) is 1.10. The van der Waals surface area contributed by atoms with E-state index in [4.69, 9.17) is 10.5 Å². The lowest BCUT2D eigenvalue weighted by Gasteiger charge is -2.16. The highest BCUT2D eigenvalue weighted by Gasteiger charge is 2.25. The van der Waals surface area contributed by atoms with E-state index in [1.807, 2.05) is 0 Å². The minimum absolute atomic E-state index is 0.0595. The largest absolute Gasteiger partial charge is 0.389 e. The van der Waals surface area contributed by atoms with Crippen LogP contribution in [-0.4, -0.2) is 50.3 Å². The number of nitrogens with zero attached hydrogens (tertiary/aromatic N) is 1. The first-order valence-electron chi connectivity index (χ1n) is 5.45. The molecular formula is C10H19F3N2O2. The molecule has 0 bridgehead atoms. The summed E-state index contributed by atoms with van der Waals surface area (Å²) in [6.07, 6.45) is -4.48. The quantitative estimate of drug-likeness (QED) is 0.663. The van der Waals surface area contributed by atoms with Gasteiger partial charge in [0.2, 0.25) is 5.91 Å². The molecule has 0 atom stereocenters. The molecule has 0 aliphatic carbocycles. The molecule has 102 valence electrons. The minimum Gasteiger partial charge on any atom is -0.372 e. The summed E-state index contributed by atoms with van der Waals surface area (Å²) >= 11 is 0. The van der Waals surface area contributed by atoms with E-state index in [9.17, 15) is 18.0 Å².